The van der Waals surface area contributed by atoms with Gasteiger partial charge in [-0.3, -0.25) is 0 Å². The molecule has 6 heteroatoms. The number of rotatable bonds is 3. The van der Waals surface area contributed by atoms with Gasteiger partial charge in [-0.15, -0.1) is 5.92 Å². The van der Waals surface area contributed by atoms with Gasteiger partial charge in [0.2, 0.25) is 0 Å². The molecule has 0 radical (unpaired) electrons. The Labute approximate surface area is 142 Å². The smallest absolute Gasteiger partial charge is 0.146 e. The van der Waals surface area contributed by atoms with Crippen LogP contribution < -0.4 is 10.2 Å². The molecule has 2 N–H and O–H groups in total. The highest BCUT2D eigenvalue weighted by molar-refractivity contribution is 5.66. The van der Waals surface area contributed by atoms with E-state index < -0.39 is 0 Å². The minimum Gasteiger partial charge on any atom is -0.370 e. The van der Waals surface area contributed by atoms with E-state index in [0.717, 1.165) is 11.8 Å². The molecule has 1 aromatic rings. The van der Waals surface area contributed by atoms with Crippen molar-refractivity contribution in [3.63, 3.8) is 0 Å². The molecule has 3 heterocycles. The third kappa shape index (κ3) is 3.72. The van der Waals surface area contributed by atoms with E-state index >= 15 is 0 Å². The van der Waals surface area contributed by atoms with Crippen LogP contribution in [-0.4, -0.2) is 38.0 Å². The maximum atomic E-state index is 7.47. The molecule has 130 valence electrons. The zero-order valence-corrected chi connectivity index (χ0v) is 14.0. The lowest BCUT2D eigenvalue weighted by atomic mass is 9.77. The highest BCUT2D eigenvalue weighted by Gasteiger charge is 2.37. The Morgan fingerprint density at radius 2 is 2.33 bits per heavy atom. The molecule has 6 nitrogen and oxygen atoms in total. The first-order valence-electron chi connectivity index (χ1n) is 8.42. The Bertz CT molecular complexity index is 611. The fourth-order valence-electron chi connectivity index (χ4n) is 3.97. The van der Waals surface area contributed by atoms with Crippen molar-refractivity contribution in [3.8, 4) is 11.8 Å². The summed E-state index contributed by atoms with van der Waals surface area (Å²) in [5.74, 6) is 6.70. The Morgan fingerprint density at radius 3 is 3.17 bits per heavy atom. The molecule has 0 saturated carbocycles. The lowest BCUT2D eigenvalue weighted by molar-refractivity contribution is -0.620. The quantitative estimate of drug-likeness (QED) is 0.383. The van der Waals surface area contributed by atoms with Crippen LogP contribution in [-0.2, 0) is 21.4 Å². The summed E-state index contributed by atoms with van der Waals surface area (Å²) in [5, 5.41) is 17.7. The molecule has 3 aliphatic heterocycles. The number of nitrogens with zero attached hydrogens (tertiary/aromatic N) is 1. The van der Waals surface area contributed by atoms with E-state index in [9.17, 15) is 0 Å². The number of benzene rings is 1. The summed E-state index contributed by atoms with van der Waals surface area (Å²) in [6, 6.07) is 6.94. The van der Waals surface area contributed by atoms with Crippen LogP contribution in [0.25, 0.3) is 0 Å². The first-order valence-corrected chi connectivity index (χ1v) is 8.42. The van der Waals surface area contributed by atoms with Gasteiger partial charge >= 0.3 is 0 Å². The Morgan fingerprint density at radius 1 is 1.42 bits per heavy atom. The highest BCUT2D eigenvalue weighted by Crippen LogP contribution is 2.45. The number of hydrogen-bond donors (Lipinski definition) is 2. The van der Waals surface area contributed by atoms with Gasteiger partial charge in [-0.1, -0.05) is 24.1 Å². The van der Waals surface area contributed by atoms with Crippen LogP contribution in [0.15, 0.2) is 18.2 Å². The van der Waals surface area contributed by atoms with Crippen molar-refractivity contribution in [2.24, 2.45) is 5.92 Å². The van der Waals surface area contributed by atoms with E-state index in [0.29, 0.717) is 0 Å². The first kappa shape index (κ1) is 17.2. The summed E-state index contributed by atoms with van der Waals surface area (Å²) < 4.78 is 0. The molecule has 0 amide bonds. The maximum Gasteiger partial charge on any atom is 0.146 e. The van der Waals surface area contributed by atoms with Gasteiger partial charge in [0, 0.05) is 31.2 Å². The molecule has 2 atom stereocenters. The van der Waals surface area contributed by atoms with Gasteiger partial charge in [0.1, 0.15) is 6.61 Å². The highest BCUT2D eigenvalue weighted by atomic mass is 17.6. The molecule has 0 aliphatic carbocycles. The van der Waals surface area contributed by atoms with E-state index in [4.69, 9.17) is 5.26 Å². The van der Waals surface area contributed by atoms with Crippen LogP contribution in [0.2, 0.25) is 0 Å². The molecule has 0 bridgehead atoms. The Hall–Kier alpha value is -1.62. The van der Waals surface area contributed by atoms with Gasteiger partial charge in [0.05, 0.1) is 0 Å². The molecule has 4 rings (SSSR count). The van der Waals surface area contributed by atoms with Gasteiger partial charge in [-0.2, -0.15) is 4.89 Å². The van der Waals surface area contributed by atoms with Crippen LogP contribution in [0.4, 0.5) is 5.69 Å². The third-order valence-electron chi connectivity index (χ3n) is 4.98. The second-order valence-electron chi connectivity index (χ2n) is 6.24. The molecule has 3 aliphatic rings. The molecule has 0 aromatic heterocycles. The summed E-state index contributed by atoms with van der Waals surface area (Å²) >= 11 is 0. The van der Waals surface area contributed by atoms with E-state index in [-0.39, 0.29) is 6.61 Å². The fourth-order valence-corrected chi connectivity index (χ4v) is 3.97. The molecule has 1 saturated heterocycles. The van der Waals surface area contributed by atoms with Crippen molar-refractivity contribution in [1.29, 1.82) is 0 Å². The van der Waals surface area contributed by atoms with Crippen molar-refractivity contribution < 1.29 is 20.2 Å². The lowest BCUT2D eigenvalue weighted by Gasteiger charge is -2.42. The van der Waals surface area contributed by atoms with Crippen LogP contribution in [0, 0.1) is 17.8 Å². The minimum absolute atomic E-state index is 0.0804. The Kier molecular flexibility index (Phi) is 6.07. The average Bonchev–Trinajstić information content (AvgIpc) is 3.04. The second-order valence-corrected chi connectivity index (χ2v) is 6.24. The number of nitrogens with one attached hydrogen (secondary N) is 1. The van der Waals surface area contributed by atoms with Crippen LogP contribution >= 0.6 is 0 Å². The van der Waals surface area contributed by atoms with Gasteiger partial charge in [-0.05, 0) is 53.4 Å². The normalized spacial score (nSPS) is 23.3. The van der Waals surface area contributed by atoms with Crippen molar-refractivity contribution in [2.45, 2.75) is 25.7 Å². The zero-order valence-electron chi connectivity index (χ0n) is 14.0. The largest absolute Gasteiger partial charge is 0.370 e. The summed E-state index contributed by atoms with van der Waals surface area (Å²) in [7, 11) is 0. The SMILES string of the molecule is CC#CCOOOO.c1cc2c3c(c1)[C@@H]1CNCC[C@@H]1CN3CC2. The molecule has 0 unspecified atom stereocenters. The number of para-hydroxylation sites is 1. The second kappa shape index (κ2) is 8.47. The number of hydrogen-bond acceptors (Lipinski definition) is 6. The average molecular weight is 332 g/mol. The summed E-state index contributed by atoms with van der Waals surface area (Å²) in [6.45, 7) is 6.69. The summed E-state index contributed by atoms with van der Waals surface area (Å²) in [4.78, 5) is 6.71. The number of anilines is 1. The number of piperidine rings is 1. The molecule has 0 spiro atoms. The van der Waals surface area contributed by atoms with E-state index in [1.54, 1.807) is 23.7 Å². The monoisotopic (exact) mass is 332 g/mol. The standard InChI is InChI=1S/C14H18N2.C4H6O4/c1-2-10-5-7-16-9-11-4-6-15-8-13(11)12(3-1)14(10)16;1-2-3-4-6-8-7-5/h1-3,11,13,15H,4-9H2;5H,4H2,1H3/t11-,13-;/m1./s1. The predicted octanol–water partition coefficient (Wildman–Crippen LogP) is 2.12. The topological polar surface area (TPSA) is 63.2 Å². The zero-order chi connectivity index (χ0) is 16.8. The van der Waals surface area contributed by atoms with Gasteiger partial charge in [0.25, 0.3) is 0 Å². The molecular weight excluding hydrogens is 308 g/mol. The molecular formula is C18H24N2O4. The van der Waals surface area contributed by atoms with Crippen LogP contribution in [0.3, 0.4) is 0 Å². The van der Waals surface area contributed by atoms with Crippen LogP contribution in [0.1, 0.15) is 30.4 Å². The molecule has 24 heavy (non-hydrogen) atoms. The lowest BCUT2D eigenvalue weighted by Crippen LogP contribution is -2.44. The van der Waals surface area contributed by atoms with Crippen molar-refractivity contribution >= 4 is 5.69 Å². The van der Waals surface area contributed by atoms with Crippen molar-refractivity contribution in [3.05, 3.63) is 29.3 Å². The molecule has 1 fully saturated rings. The number of fused-ring (bicyclic) bond motifs is 2. The third-order valence-corrected chi connectivity index (χ3v) is 4.98. The van der Waals surface area contributed by atoms with Crippen molar-refractivity contribution in [1.82, 2.24) is 5.32 Å². The predicted molar refractivity (Wildman–Crippen MR) is 90.3 cm³/mol. The van der Waals surface area contributed by atoms with Crippen molar-refractivity contribution in [2.75, 3.05) is 37.7 Å². The Balaban J connectivity index is 0.000000183. The van der Waals surface area contributed by atoms with Crippen LogP contribution in [0.5, 0.6) is 0 Å². The van der Waals surface area contributed by atoms with Gasteiger partial charge < -0.3 is 10.2 Å². The van der Waals surface area contributed by atoms with Gasteiger partial charge in [0.15, 0.2) is 0 Å². The molecule has 1 aromatic carbocycles. The van der Waals surface area contributed by atoms with E-state index in [1.807, 2.05) is 0 Å². The van der Waals surface area contributed by atoms with E-state index in [2.05, 4.69) is 55.2 Å². The maximum absolute atomic E-state index is 7.47. The van der Waals surface area contributed by atoms with E-state index in [1.165, 1.54) is 39.0 Å². The minimum atomic E-state index is 0.0804. The fraction of sp³-hybridized carbons (Fsp3) is 0.556. The van der Waals surface area contributed by atoms with Gasteiger partial charge in [-0.25, -0.2) is 5.26 Å². The summed E-state index contributed by atoms with van der Waals surface area (Å²) in [5.41, 5.74) is 4.80. The summed E-state index contributed by atoms with van der Waals surface area (Å²) in [6.07, 6.45) is 2.61. The first-order chi connectivity index (χ1) is 11.8.